The molecule has 0 rings (SSSR count). The largest absolute Gasteiger partial charge is 0.179 e. The Kier molecular flexibility index (Phi) is 10.1. The van der Waals surface area contributed by atoms with Gasteiger partial charge in [-0.15, -0.1) is 0 Å². The van der Waals surface area contributed by atoms with E-state index >= 15 is 0 Å². The molecule has 0 saturated heterocycles. The van der Waals surface area contributed by atoms with Gasteiger partial charge in [-0.2, -0.15) is 37.0 Å². The Morgan fingerprint density at radius 3 is 2.22 bits per heavy atom. The summed E-state index contributed by atoms with van der Waals surface area (Å²) in [6.07, 6.45) is 2.56. The zero-order valence-corrected chi connectivity index (χ0v) is 8.15. The monoisotopic (exact) mass is 182 g/mol. The second kappa shape index (κ2) is 9.05. The number of thiol groups is 2. The molecule has 0 aromatic heterocycles. The first kappa shape index (κ1) is 10.0. The lowest BCUT2D eigenvalue weighted by molar-refractivity contribution is 0.910. The molecule has 0 unspecified atom stereocenters. The Morgan fingerprint density at radius 2 is 1.67 bits per heavy atom. The second-order valence-electron chi connectivity index (χ2n) is 1.77. The molecule has 0 amide bonds. The Morgan fingerprint density at radius 1 is 0.889 bits per heavy atom. The molecule has 0 aliphatic carbocycles. The molecular weight excluding hydrogens is 168 g/mol. The van der Waals surface area contributed by atoms with Crippen molar-refractivity contribution in [1.82, 2.24) is 0 Å². The van der Waals surface area contributed by atoms with Crippen molar-refractivity contribution >= 4 is 37.0 Å². The van der Waals surface area contributed by atoms with E-state index in [0.29, 0.717) is 0 Å². The minimum Gasteiger partial charge on any atom is -0.179 e. The average Bonchev–Trinajstić information content (AvgIpc) is 1.89. The Hall–Kier alpha value is 1.05. The summed E-state index contributed by atoms with van der Waals surface area (Å²) in [5.41, 5.74) is 0. The van der Waals surface area contributed by atoms with Crippen molar-refractivity contribution in [2.75, 3.05) is 23.0 Å². The maximum absolute atomic E-state index is 4.12. The molecule has 0 N–H and O–H groups in total. The summed E-state index contributed by atoms with van der Waals surface area (Å²) < 4.78 is 0. The minimum atomic E-state index is 1.01. The van der Waals surface area contributed by atoms with E-state index in [1.807, 2.05) is 11.8 Å². The third kappa shape index (κ3) is 9.05. The highest BCUT2D eigenvalue weighted by Gasteiger charge is 1.86. The number of hydrogen-bond acceptors (Lipinski definition) is 3. The summed E-state index contributed by atoms with van der Waals surface area (Å²) in [6, 6.07) is 0. The van der Waals surface area contributed by atoms with Crippen molar-refractivity contribution in [2.24, 2.45) is 0 Å². The summed E-state index contributed by atoms with van der Waals surface area (Å²) in [7, 11) is 0. The molecule has 0 radical (unpaired) electrons. The van der Waals surface area contributed by atoms with Gasteiger partial charge in [-0.25, -0.2) is 0 Å². The highest BCUT2D eigenvalue weighted by molar-refractivity contribution is 7.99. The zero-order chi connectivity index (χ0) is 6.95. The van der Waals surface area contributed by atoms with Crippen LogP contribution in [0.1, 0.15) is 12.8 Å². The maximum Gasteiger partial charge on any atom is 0.00210 e. The molecular formula is C6H14S3. The van der Waals surface area contributed by atoms with Crippen molar-refractivity contribution in [1.29, 1.82) is 0 Å². The lowest BCUT2D eigenvalue weighted by atomic mass is 10.4. The SMILES string of the molecule is SCCCCSCCS. The molecule has 0 aliphatic heterocycles. The van der Waals surface area contributed by atoms with E-state index in [1.54, 1.807) is 0 Å². The number of rotatable bonds is 6. The lowest BCUT2D eigenvalue weighted by Crippen LogP contribution is -1.85. The predicted octanol–water partition coefficient (Wildman–Crippen LogP) is 2.36. The van der Waals surface area contributed by atoms with E-state index in [0.717, 1.165) is 11.5 Å². The quantitative estimate of drug-likeness (QED) is 0.470. The van der Waals surface area contributed by atoms with Crippen LogP contribution >= 0.6 is 37.0 Å². The van der Waals surface area contributed by atoms with Gasteiger partial charge in [0.2, 0.25) is 0 Å². The van der Waals surface area contributed by atoms with Crippen molar-refractivity contribution in [3.63, 3.8) is 0 Å². The van der Waals surface area contributed by atoms with Gasteiger partial charge in [0.1, 0.15) is 0 Å². The van der Waals surface area contributed by atoms with Crippen LogP contribution in [0, 0.1) is 0 Å². The highest BCUT2D eigenvalue weighted by atomic mass is 32.2. The molecule has 0 aliphatic rings. The van der Waals surface area contributed by atoms with Crippen LogP contribution in [0.3, 0.4) is 0 Å². The summed E-state index contributed by atoms with van der Waals surface area (Å²) in [5.74, 6) is 4.50. The maximum atomic E-state index is 4.12. The number of unbranched alkanes of at least 4 members (excludes halogenated alkanes) is 1. The van der Waals surface area contributed by atoms with Gasteiger partial charge in [-0.3, -0.25) is 0 Å². The molecule has 0 bridgehead atoms. The number of thioether (sulfide) groups is 1. The van der Waals surface area contributed by atoms with Crippen molar-refractivity contribution < 1.29 is 0 Å². The van der Waals surface area contributed by atoms with Gasteiger partial charge in [-0.05, 0) is 30.1 Å². The Bertz CT molecular complexity index is 41.6. The van der Waals surface area contributed by atoms with Gasteiger partial charge in [0.15, 0.2) is 0 Å². The van der Waals surface area contributed by atoms with Crippen LogP contribution in [0.2, 0.25) is 0 Å². The van der Waals surface area contributed by atoms with Crippen molar-refractivity contribution in [3.8, 4) is 0 Å². The smallest absolute Gasteiger partial charge is 0.00210 e. The van der Waals surface area contributed by atoms with Crippen LogP contribution in [-0.2, 0) is 0 Å². The molecule has 0 saturated carbocycles. The molecule has 9 heavy (non-hydrogen) atoms. The van der Waals surface area contributed by atoms with Gasteiger partial charge in [-0.1, -0.05) is 0 Å². The molecule has 0 aromatic rings. The number of hydrogen-bond donors (Lipinski definition) is 2. The lowest BCUT2D eigenvalue weighted by Gasteiger charge is -1.95. The molecule has 0 atom stereocenters. The van der Waals surface area contributed by atoms with Gasteiger partial charge in [0.05, 0.1) is 0 Å². The summed E-state index contributed by atoms with van der Waals surface area (Å²) in [5, 5.41) is 0. The first-order valence-electron chi connectivity index (χ1n) is 3.21. The molecule has 56 valence electrons. The molecule has 0 fully saturated rings. The van der Waals surface area contributed by atoms with Gasteiger partial charge in [0, 0.05) is 5.75 Å². The van der Waals surface area contributed by atoms with Crippen LogP contribution in [0.25, 0.3) is 0 Å². The fourth-order valence-electron chi connectivity index (χ4n) is 0.483. The van der Waals surface area contributed by atoms with Crippen molar-refractivity contribution in [3.05, 3.63) is 0 Å². The second-order valence-corrected chi connectivity index (χ2v) is 3.89. The first-order valence-corrected chi connectivity index (χ1v) is 5.63. The molecule has 0 aromatic carbocycles. The molecule has 0 heterocycles. The van der Waals surface area contributed by atoms with Gasteiger partial charge < -0.3 is 0 Å². The van der Waals surface area contributed by atoms with Crippen LogP contribution in [0.5, 0.6) is 0 Å². The van der Waals surface area contributed by atoms with E-state index in [1.165, 1.54) is 24.3 Å². The minimum absolute atomic E-state index is 1.01. The fourth-order valence-corrected chi connectivity index (χ4v) is 1.83. The van der Waals surface area contributed by atoms with Crippen LogP contribution in [0.15, 0.2) is 0 Å². The van der Waals surface area contributed by atoms with E-state index in [-0.39, 0.29) is 0 Å². The normalized spacial score (nSPS) is 10.0. The first-order chi connectivity index (χ1) is 4.41. The summed E-state index contributed by atoms with van der Waals surface area (Å²) in [4.78, 5) is 0. The van der Waals surface area contributed by atoms with Gasteiger partial charge >= 0.3 is 0 Å². The average molecular weight is 182 g/mol. The predicted molar refractivity (Wildman–Crippen MR) is 54.3 cm³/mol. The van der Waals surface area contributed by atoms with E-state index < -0.39 is 0 Å². The molecule has 0 spiro atoms. The summed E-state index contributed by atoms with van der Waals surface area (Å²) >= 11 is 10.2. The van der Waals surface area contributed by atoms with Crippen LogP contribution in [0.4, 0.5) is 0 Å². The molecule has 0 nitrogen and oxygen atoms in total. The Balaban J connectivity index is 2.60. The van der Waals surface area contributed by atoms with Crippen LogP contribution in [-0.4, -0.2) is 23.0 Å². The van der Waals surface area contributed by atoms with E-state index in [9.17, 15) is 0 Å². The summed E-state index contributed by atoms with van der Waals surface area (Å²) in [6.45, 7) is 0. The van der Waals surface area contributed by atoms with Crippen LogP contribution < -0.4 is 0 Å². The standard InChI is InChI=1S/C6H14S3/c7-3-1-2-5-9-6-4-8/h7-8H,1-6H2. The van der Waals surface area contributed by atoms with Gasteiger partial charge in [0.25, 0.3) is 0 Å². The third-order valence-corrected chi connectivity index (χ3v) is 2.84. The molecule has 3 heteroatoms. The Labute approximate surface area is 73.0 Å². The third-order valence-electron chi connectivity index (χ3n) is 0.932. The fraction of sp³-hybridized carbons (Fsp3) is 1.00. The zero-order valence-electron chi connectivity index (χ0n) is 5.55. The topological polar surface area (TPSA) is 0 Å². The van der Waals surface area contributed by atoms with E-state index in [4.69, 9.17) is 0 Å². The van der Waals surface area contributed by atoms with Crippen molar-refractivity contribution in [2.45, 2.75) is 12.8 Å². The highest BCUT2D eigenvalue weighted by Crippen LogP contribution is 2.04. The van der Waals surface area contributed by atoms with E-state index in [2.05, 4.69) is 25.3 Å².